The van der Waals surface area contributed by atoms with Crippen LogP contribution in [0.5, 0.6) is 11.5 Å². The van der Waals surface area contributed by atoms with Crippen molar-refractivity contribution in [1.82, 2.24) is 4.90 Å². The maximum atomic E-state index is 12.6. The van der Waals surface area contributed by atoms with E-state index in [1.807, 2.05) is 50.4 Å². The molecule has 0 radical (unpaired) electrons. The largest absolute Gasteiger partial charge is 0.493 e. The summed E-state index contributed by atoms with van der Waals surface area (Å²) in [5, 5.41) is -0.0923. The molecule has 0 aliphatic carbocycles. The van der Waals surface area contributed by atoms with Gasteiger partial charge in [-0.05, 0) is 30.2 Å². The van der Waals surface area contributed by atoms with Crippen molar-refractivity contribution >= 4 is 17.7 Å². The molecule has 5 heteroatoms. The summed E-state index contributed by atoms with van der Waals surface area (Å²) in [5.41, 5.74) is 2.24. The molecule has 1 amide bonds. The standard InChI is InChI=1S/C20H25NO3S/c1-15(25-14-16-8-6-5-7-9-16)20(22)21(2)13-17-10-11-18(23-3)19(12-17)24-4/h5-12,15H,13-14H2,1-4H3/t15-/m1/s1. The number of rotatable bonds is 8. The topological polar surface area (TPSA) is 38.8 Å². The molecule has 0 saturated carbocycles. The monoisotopic (exact) mass is 359 g/mol. The molecule has 0 spiro atoms. The lowest BCUT2D eigenvalue weighted by Gasteiger charge is -2.22. The molecular formula is C20H25NO3S. The van der Waals surface area contributed by atoms with Gasteiger partial charge in [0.2, 0.25) is 5.91 Å². The van der Waals surface area contributed by atoms with Crippen molar-refractivity contribution in [3.63, 3.8) is 0 Å². The van der Waals surface area contributed by atoms with Gasteiger partial charge in [0.25, 0.3) is 0 Å². The third-order valence-electron chi connectivity index (χ3n) is 3.93. The molecule has 4 nitrogen and oxygen atoms in total. The third kappa shape index (κ3) is 5.43. The van der Waals surface area contributed by atoms with E-state index < -0.39 is 0 Å². The summed E-state index contributed by atoms with van der Waals surface area (Å²) < 4.78 is 10.6. The Balaban J connectivity index is 1.93. The van der Waals surface area contributed by atoms with Crippen molar-refractivity contribution in [2.24, 2.45) is 0 Å². The van der Waals surface area contributed by atoms with Gasteiger partial charge in [0, 0.05) is 19.3 Å². The highest BCUT2D eigenvalue weighted by atomic mass is 32.2. The summed E-state index contributed by atoms with van der Waals surface area (Å²) >= 11 is 1.65. The minimum absolute atomic E-state index is 0.0923. The van der Waals surface area contributed by atoms with Gasteiger partial charge < -0.3 is 14.4 Å². The second-order valence-electron chi connectivity index (χ2n) is 5.82. The molecule has 0 aliphatic rings. The lowest BCUT2D eigenvalue weighted by molar-refractivity contribution is -0.129. The molecule has 2 aromatic carbocycles. The molecule has 0 fully saturated rings. The van der Waals surface area contributed by atoms with Crippen molar-refractivity contribution in [3.8, 4) is 11.5 Å². The van der Waals surface area contributed by atoms with Gasteiger partial charge in [-0.25, -0.2) is 0 Å². The Morgan fingerprint density at radius 3 is 2.36 bits per heavy atom. The fraction of sp³-hybridized carbons (Fsp3) is 0.350. The molecule has 0 saturated heterocycles. The first-order valence-corrected chi connectivity index (χ1v) is 9.21. The first-order valence-electron chi connectivity index (χ1n) is 8.16. The van der Waals surface area contributed by atoms with Crippen LogP contribution >= 0.6 is 11.8 Å². The van der Waals surface area contributed by atoms with Crippen LogP contribution in [0.4, 0.5) is 0 Å². The van der Waals surface area contributed by atoms with Crippen LogP contribution in [-0.4, -0.2) is 37.3 Å². The van der Waals surface area contributed by atoms with Crippen molar-refractivity contribution < 1.29 is 14.3 Å². The fourth-order valence-corrected chi connectivity index (χ4v) is 3.47. The number of carbonyl (C=O) groups excluding carboxylic acids is 1. The van der Waals surface area contributed by atoms with Crippen LogP contribution in [0.3, 0.4) is 0 Å². The Kier molecular flexibility index (Phi) is 7.19. The number of benzene rings is 2. The number of hydrogen-bond donors (Lipinski definition) is 0. The van der Waals surface area contributed by atoms with E-state index in [1.54, 1.807) is 30.9 Å². The SMILES string of the molecule is COc1ccc(CN(C)C(=O)[C@@H](C)SCc2ccccc2)cc1OC. The molecule has 0 bridgehead atoms. The average Bonchev–Trinajstić information content (AvgIpc) is 2.66. The lowest BCUT2D eigenvalue weighted by Crippen LogP contribution is -2.32. The minimum Gasteiger partial charge on any atom is -0.493 e. The molecule has 0 N–H and O–H groups in total. The van der Waals surface area contributed by atoms with Crippen LogP contribution in [0, 0.1) is 0 Å². The second kappa shape index (κ2) is 9.37. The molecule has 25 heavy (non-hydrogen) atoms. The molecule has 134 valence electrons. The zero-order chi connectivity index (χ0) is 18.2. The normalized spacial score (nSPS) is 11.7. The average molecular weight is 359 g/mol. The first-order chi connectivity index (χ1) is 12.0. The highest BCUT2D eigenvalue weighted by Gasteiger charge is 2.18. The predicted molar refractivity (Wildman–Crippen MR) is 103 cm³/mol. The maximum absolute atomic E-state index is 12.6. The van der Waals surface area contributed by atoms with Gasteiger partial charge in [0.1, 0.15) is 0 Å². The van der Waals surface area contributed by atoms with Gasteiger partial charge in [-0.1, -0.05) is 36.4 Å². The van der Waals surface area contributed by atoms with Crippen molar-refractivity contribution in [3.05, 3.63) is 59.7 Å². The van der Waals surface area contributed by atoms with Crippen LogP contribution in [-0.2, 0) is 17.1 Å². The zero-order valence-corrected chi connectivity index (χ0v) is 16.0. The second-order valence-corrected chi connectivity index (χ2v) is 7.15. The number of amides is 1. The summed E-state index contributed by atoms with van der Waals surface area (Å²) in [7, 11) is 5.05. The van der Waals surface area contributed by atoms with Gasteiger partial charge in [0.15, 0.2) is 11.5 Å². The number of hydrogen-bond acceptors (Lipinski definition) is 4. The highest BCUT2D eigenvalue weighted by Crippen LogP contribution is 2.28. The first kappa shape index (κ1) is 19.2. The maximum Gasteiger partial charge on any atom is 0.235 e. The summed E-state index contributed by atoms with van der Waals surface area (Å²) in [5.74, 6) is 2.31. The number of ether oxygens (including phenoxy) is 2. The Bertz CT molecular complexity index is 691. The van der Waals surface area contributed by atoms with Crippen LogP contribution in [0.25, 0.3) is 0 Å². The quantitative estimate of drug-likeness (QED) is 0.714. The van der Waals surface area contributed by atoms with E-state index in [0.29, 0.717) is 18.0 Å². The molecule has 0 heterocycles. The summed E-state index contributed by atoms with van der Waals surface area (Å²) in [6, 6.07) is 15.9. The van der Waals surface area contributed by atoms with E-state index in [9.17, 15) is 4.79 Å². The van der Waals surface area contributed by atoms with Gasteiger partial charge in [-0.15, -0.1) is 11.8 Å². The summed E-state index contributed by atoms with van der Waals surface area (Å²) in [6.07, 6.45) is 0. The molecule has 0 aromatic heterocycles. The smallest absolute Gasteiger partial charge is 0.235 e. The third-order valence-corrected chi connectivity index (χ3v) is 5.14. The van der Waals surface area contributed by atoms with Crippen LogP contribution in [0.15, 0.2) is 48.5 Å². The highest BCUT2D eigenvalue weighted by molar-refractivity contribution is 7.99. The fourth-order valence-electron chi connectivity index (χ4n) is 2.51. The summed E-state index contributed by atoms with van der Waals surface area (Å²) in [6.45, 7) is 2.50. The van der Waals surface area contributed by atoms with Crippen LogP contribution < -0.4 is 9.47 Å². The Morgan fingerprint density at radius 1 is 1.04 bits per heavy atom. The number of methoxy groups -OCH3 is 2. The predicted octanol–water partition coefficient (Wildman–Crippen LogP) is 3.98. The molecule has 0 aliphatic heterocycles. The van der Waals surface area contributed by atoms with E-state index in [-0.39, 0.29) is 11.2 Å². The van der Waals surface area contributed by atoms with Gasteiger partial charge in [-0.2, -0.15) is 0 Å². The van der Waals surface area contributed by atoms with Crippen molar-refractivity contribution in [2.45, 2.75) is 24.5 Å². The lowest BCUT2D eigenvalue weighted by atomic mass is 10.2. The van der Waals surface area contributed by atoms with Gasteiger partial charge >= 0.3 is 0 Å². The van der Waals surface area contributed by atoms with Crippen LogP contribution in [0.1, 0.15) is 18.1 Å². The van der Waals surface area contributed by atoms with E-state index in [4.69, 9.17) is 9.47 Å². The van der Waals surface area contributed by atoms with E-state index in [0.717, 1.165) is 11.3 Å². The van der Waals surface area contributed by atoms with Crippen molar-refractivity contribution in [1.29, 1.82) is 0 Å². The van der Waals surface area contributed by atoms with E-state index in [2.05, 4.69) is 12.1 Å². The minimum atomic E-state index is -0.0923. The summed E-state index contributed by atoms with van der Waals surface area (Å²) in [4.78, 5) is 14.3. The molecule has 0 unspecified atom stereocenters. The molecule has 2 rings (SSSR count). The van der Waals surface area contributed by atoms with Crippen LogP contribution in [0.2, 0.25) is 0 Å². The van der Waals surface area contributed by atoms with Gasteiger partial charge in [-0.3, -0.25) is 4.79 Å². The Morgan fingerprint density at radius 2 is 1.72 bits per heavy atom. The molecule has 1 atom stereocenters. The van der Waals surface area contributed by atoms with Gasteiger partial charge in [0.05, 0.1) is 19.5 Å². The number of carbonyl (C=O) groups is 1. The van der Waals surface area contributed by atoms with E-state index >= 15 is 0 Å². The Hall–Kier alpha value is -2.14. The zero-order valence-electron chi connectivity index (χ0n) is 15.2. The van der Waals surface area contributed by atoms with E-state index in [1.165, 1.54) is 5.56 Å². The molecular weight excluding hydrogens is 334 g/mol. The number of thioether (sulfide) groups is 1. The number of nitrogens with zero attached hydrogens (tertiary/aromatic N) is 1. The van der Waals surface area contributed by atoms with Crippen molar-refractivity contribution in [2.75, 3.05) is 21.3 Å². The Labute approximate surface area is 154 Å². The molecule has 2 aromatic rings.